The van der Waals surface area contributed by atoms with Crippen molar-refractivity contribution in [2.24, 2.45) is 0 Å². The van der Waals surface area contributed by atoms with E-state index in [0.29, 0.717) is 43.1 Å². The molecule has 3 aromatic carbocycles. The predicted molar refractivity (Wildman–Crippen MR) is 132 cm³/mol. The lowest BCUT2D eigenvalue weighted by molar-refractivity contribution is 0.0987. The molecular formula is C27H28N2O4S. The zero-order valence-corrected chi connectivity index (χ0v) is 19.8. The van der Waals surface area contributed by atoms with Crippen LogP contribution in [0.2, 0.25) is 0 Å². The van der Waals surface area contributed by atoms with Gasteiger partial charge in [0.05, 0.1) is 4.90 Å². The highest BCUT2D eigenvalue weighted by atomic mass is 32.2. The summed E-state index contributed by atoms with van der Waals surface area (Å²) in [6.07, 6.45) is 3.51. The van der Waals surface area contributed by atoms with Gasteiger partial charge in [0.1, 0.15) is 12.4 Å². The molecule has 34 heavy (non-hydrogen) atoms. The average Bonchev–Trinajstić information content (AvgIpc) is 3.32. The molecule has 2 aliphatic heterocycles. The maximum Gasteiger partial charge on any atom is 0.258 e. The number of carbonyl (C=O) groups is 1. The SMILES string of the molecule is O=C(c1ccccc1COc1ccccc1)N1CCc2cc(S(=O)(=O)N3CCCCC3)ccc21. The summed E-state index contributed by atoms with van der Waals surface area (Å²) < 4.78 is 33.6. The lowest BCUT2D eigenvalue weighted by Gasteiger charge is -2.26. The number of para-hydroxylation sites is 1. The van der Waals surface area contributed by atoms with Crippen LogP contribution in [0.5, 0.6) is 5.75 Å². The Hall–Kier alpha value is -3.16. The summed E-state index contributed by atoms with van der Waals surface area (Å²) >= 11 is 0. The molecule has 7 heteroatoms. The Balaban J connectivity index is 1.36. The standard InChI is InChI=1S/C27H28N2O4S/c30-27(25-12-6-5-9-22(25)20-33-23-10-3-1-4-11-23)29-18-15-21-19-24(13-14-26(21)29)34(31,32)28-16-7-2-8-17-28/h1,3-6,9-14,19H,2,7-8,15-18,20H2. The quantitative estimate of drug-likeness (QED) is 0.520. The van der Waals surface area contributed by atoms with Gasteiger partial charge in [-0.25, -0.2) is 8.42 Å². The molecule has 0 unspecified atom stereocenters. The zero-order valence-electron chi connectivity index (χ0n) is 19.0. The van der Waals surface area contributed by atoms with Crippen LogP contribution in [0.1, 0.15) is 40.7 Å². The highest BCUT2D eigenvalue weighted by molar-refractivity contribution is 7.89. The van der Waals surface area contributed by atoms with Gasteiger partial charge in [0.2, 0.25) is 10.0 Å². The van der Waals surface area contributed by atoms with E-state index < -0.39 is 10.0 Å². The van der Waals surface area contributed by atoms with Gasteiger partial charge in [0, 0.05) is 36.4 Å². The Morgan fingerprint density at radius 1 is 0.853 bits per heavy atom. The van der Waals surface area contributed by atoms with Crippen molar-refractivity contribution in [3.05, 3.63) is 89.5 Å². The van der Waals surface area contributed by atoms with Crippen molar-refractivity contribution in [2.45, 2.75) is 37.2 Å². The van der Waals surface area contributed by atoms with Crippen LogP contribution in [0.3, 0.4) is 0 Å². The molecular weight excluding hydrogens is 448 g/mol. The Labute approximate surface area is 200 Å². The minimum Gasteiger partial charge on any atom is -0.489 e. The van der Waals surface area contributed by atoms with Gasteiger partial charge in [-0.3, -0.25) is 4.79 Å². The fourth-order valence-corrected chi connectivity index (χ4v) is 6.25. The molecule has 5 rings (SSSR count). The van der Waals surface area contributed by atoms with Crippen LogP contribution in [0.15, 0.2) is 77.7 Å². The number of benzene rings is 3. The molecule has 1 amide bonds. The number of piperidine rings is 1. The van der Waals surface area contributed by atoms with E-state index in [4.69, 9.17) is 4.74 Å². The van der Waals surface area contributed by atoms with Crippen molar-refractivity contribution < 1.29 is 17.9 Å². The Morgan fingerprint density at radius 2 is 1.59 bits per heavy atom. The molecule has 0 atom stereocenters. The number of amides is 1. The largest absolute Gasteiger partial charge is 0.489 e. The lowest BCUT2D eigenvalue weighted by Crippen LogP contribution is -2.35. The highest BCUT2D eigenvalue weighted by Gasteiger charge is 2.31. The van der Waals surface area contributed by atoms with Crippen molar-refractivity contribution in [3.63, 3.8) is 0 Å². The molecule has 0 aromatic heterocycles. The third-order valence-corrected chi connectivity index (χ3v) is 8.42. The maximum atomic E-state index is 13.5. The summed E-state index contributed by atoms with van der Waals surface area (Å²) in [6, 6.07) is 22.2. The number of ether oxygens (including phenoxy) is 1. The van der Waals surface area contributed by atoms with E-state index in [1.165, 1.54) is 0 Å². The van der Waals surface area contributed by atoms with E-state index in [2.05, 4.69) is 0 Å². The van der Waals surface area contributed by atoms with Gasteiger partial charge in [-0.15, -0.1) is 0 Å². The molecule has 0 aliphatic carbocycles. The number of sulfonamides is 1. The number of anilines is 1. The smallest absolute Gasteiger partial charge is 0.258 e. The Kier molecular flexibility index (Phi) is 6.39. The van der Waals surface area contributed by atoms with E-state index in [-0.39, 0.29) is 5.91 Å². The second-order valence-corrected chi connectivity index (χ2v) is 10.7. The molecule has 2 heterocycles. The van der Waals surface area contributed by atoms with Crippen molar-refractivity contribution in [3.8, 4) is 5.75 Å². The molecule has 176 valence electrons. The van der Waals surface area contributed by atoms with Crippen molar-refractivity contribution >= 4 is 21.6 Å². The summed E-state index contributed by atoms with van der Waals surface area (Å²) in [5, 5.41) is 0. The van der Waals surface area contributed by atoms with Crippen molar-refractivity contribution in [1.29, 1.82) is 0 Å². The first-order chi connectivity index (χ1) is 16.5. The van der Waals surface area contributed by atoms with E-state index in [1.807, 2.05) is 54.6 Å². The van der Waals surface area contributed by atoms with E-state index >= 15 is 0 Å². The normalized spacial score (nSPS) is 16.3. The lowest BCUT2D eigenvalue weighted by atomic mass is 10.1. The van der Waals surface area contributed by atoms with Gasteiger partial charge >= 0.3 is 0 Å². The Morgan fingerprint density at radius 3 is 2.38 bits per heavy atom. The number of hydrogen-bond donors (Lipinski definition) is 0. The predicted octanol–water partition coefficient (Wildman–Crippen LogP) is 4.64. The molecule has 0 radical (unpaired) electrons. The first-order valence-corrected chi connectivity index (χ1v) is 13.2. The topological polar surface area (TPSA) is 66.9 Å². The van der Waals surface area contributed by atoms with Gasteiger partial charge in [-0.1, -0.05) is 42.8 Å². The van der Waals surface area contributed by atoms with Crippen LogP contribution < -0.4 is 9.64 Å². The van der Waals surface area contributed by atoms with Crippen LogP contribution in [-0.4, -0.2) is 38.3 Å². The number of nitrogens with zero attached hydrogens (tertiary/aromatic N) is 2. The second kappa shape index (κ2) is 9.60. The highest BCUT2D eigenvalue weighted by Crippen LogP contribution is 2.33. The molecule has 0 saturated carbocycles. The number of carbonyl (C=O) groups excluding carboxylic acids is 1. The first-order valence-electron chi connectivity index (χ1n) is 11.7. The summed E-state index contributed by atoms with van der Waals surface area (Å²) in [5.41, 5.74) is 3.08. The minimum atomic E-state index is -3.50. The van der Waals surface area contributed by atoms with E-state index in [1.54, 1.807) is 27.4 Å². The van der Waals surface area contributed by atoms with Crippen LogP contribution in [0, 0.1) is 0 Å². The van der Waals surface area contributed by atoms with Crippen LogP contribution in [0.25, 0.3) is 0 Å². The monoisotopic (exact) mass is 476 g/mol. The van der Waals surface area contributed by atoms with E-state index in [9.17, 15) is 13.2 Å². The average molecular weight is 477 g/mol. The number of fused-ring (bicyclic) bond motifs is 1. The fourth-order valence-electron chi connectivity index (χ4n) is 4.68. The fraction of sp³-hybridized carbons (Fsp3) is 0.296. The van der Waals surface area contributed by atoms with Crippen LogP contribution >= 0.6 is 0 Å². The summed E-state index contributed by atoms with van der Waals surface area (Å²) in [7, 11) is -3.50. The third kappa shape index (κ3) is 4.45. The molecule has 1 saturated heterocycles. The number of rotatable bonds is 6. The van der Waals surface area contributed by atoms with E-state index in [0.717, 1.165) is 41.8 Å². The second-order valence-electron chi connectivity index (χ2n) is 8.72. The van der Waals surface area contributed by atoms with Gasteiger partial charge in [0.25, 0.3) is 5.91 Å². The van der Waals surface area contributed by atoms with Crippen molar-refractivity contribution in [1.82, 2.24) is 4.31 Å². The molecule has 0 spiro atoms. The van der Waals surface area contributed by atoms with Crippen LogP contribution in [-0.2, 0) is 23.1 Å². The Bertz CT molecular complexity index is 1280. The zero-order chi connectivity index (χ0) is 23.5. The molecule has 0 bridgehead atoms. The number of hydrogen-bond acceptors (Lipinski definition) is 4. The van der Waals surface area contributed by atoms with Crippen LogP contribution in [0.4, 0.5) is 5.69 Å². The van der Waals surface area contributed by atoms with Gasteiger partial charge in [-0.05, 0) is 61.2 Å². The molecule has 0 N–H and O–H groups in total. The molecule has 6 nitrogen and oxygen atoms in total. The van der Waals surface area contributed by atoms with Gasteiger partial charge in [-0.2, -0.15) is 4.31 Å². The maximum absolute atomic E-state index is 13.5. The molecule has 1 fully saturated rings. The molecule has 2 aliphatic rings. The summed E-state index contributed by atoms with van der Waals surface area (Å²) in [4.78, 5) is 15.6. The summed E-state index contributed by atoms with van der Waals surface area (Å²) in [6.45, 7) is 1.96. The summed E-state index contributed by atoms with van der Waals surface area (Å²) in [5.74, 6) is 0.649. The third-order valence-electron chi connectivity index (χ3n) is 6.53. The minimum absolute atomic E-state index is 0.0994. The van der Waals surface area contributed by atoms with Crippen molar-refractivity contribution in [2.75, 3.05) is 24.5 Å². The molecule has 3 aromatic rings. The first kappa shape index (κ1) is 22.6. The van der Waals surface area contributed by atoms with Gasteiger partial charge < -0.3 is 9.64 Å². The van der Waals surface area contributed by atoms with Gasteiger partial charge in [0.15, 0.2) is 0 Å².